The molecule has 0 saturated heterocycles. The third kappa shape index (κ3) is 6.77. The lowest BCUT2D eigenvalue weighted by Crippen LogP contribution is -2.25. The van der Waals surface area contributed by atoms with E-state index < -0.39 is 0 Å². The van der Waals surface area contributed by atoms with E-state index in [4.69, 9.17) is 5.73 Å². The van der Waals surface area contributed by atoms with Crippen LogP contribution in [0.15, 0.2) is 24.3 Å². The zero-order valence-corrected chi connectivity index (χ0v) is 12.1. The lowest BCUT2D eigenvalue weighted by atomic mass is 10.0. The molecule has 1 atom stereocenters. The first-order chi connectivity index (χ1) is 8.58. The first-order valence-corrected chi connectivity index (χ1v) is 7.12. The van der Waals surface area contributed by atoms with Gasteiger partial charge >= 0.3 is 0 Å². The third-order valence-corrected chi connectivity index (χ3v) is 3.03. The van der Waals surface area contributed by atoms with E-state index >= 15 is 0 Å². The normalized spacial score (nSPS) is 12.9. The van der Waals surface area contributed by atoms with E-state index in [0.29, 0.717) is 6.04 Å². The second kappa shape index (κ2) is 8.28. The zero-order valence-electron chi connectivity index (χ0n) is 12.1. The molecule has 2 nitrogen and oxygen atoms in total. The topological polar surface area (TPSA) is 38.0 Å². The Morgan fingerprint density at radius 3 is 2.17 bits per heavy atom. The fourth-order valence-electron chi connectivity index (χ4n) is 2.00. The monoisotopic (exact) mass is 248 g/mol. The fourth-order valence-corrected chi connectivity index (χ4v) is 2.00. The van der Waals surface area contributed by atoms with Crippen LogP contribution in [0.3, 0.4) is 0 Å². The number of hydrogen-bond acceptors (Lipinski definition) is 2. The highest BCUT2D eigenvalue weighted by Crippen LogP contribution is 2.09. The second-order valence-corrected chi connectivity index (χ2v) is 5.68. The van der Waals surface area contributed by atoms with Crippen molar-refractivity contribution in [3.8, 4) is 0 Å². The summed E-state index contributed by atoms with van der Waals surface area (Å²) in [6, 6.07) is 9.33. The van der Waals surface area contributed by atoms with Crippen molar-refractivity contribution in [1.82, 2.24) is 5.32 Å². The van der Waals surface area contributed by atoms with Crippen molar-refractivity contribution in [1.29, 1.82) is 0 Å². The molecule has 0 spiro atoms. The molecule has 0 aliphatic carbocycles. The maximum atomic E-state index is 5.70. The number of rotatable bonds is 8. The fraction of sp³-hybridized carbons (Fsp3) is 0.625. The van der Waals surface area contributed by atoms with Gasteiger partial charge in [0.1, 0.15) is 0 Å². The highest BCUT2D eigenvalue weighted by Gasteiger charge is 1.99. The van der Waals surface area contributed by atoms with Gasteiger partial charge in [-0.1, -0.05) is 38.1 Å². The Labute approximate surface area is 112 Å². The molecule has 0 saturated carbocycles. The molecule has 3 N–H and O–H groups in total. The van der Waals surface area contributed by atoms with Gasteiger partial charge in [0.05, 0.1) is 0 Å². The van der Waals surface area contributed by atoms with Crippen molar-refractivity contribution in [2.45, 2.75) is 46.1 Å². The maximum Gasteiger partial charge on any atom is 0.00225 e. The van der Waals surface area contributed by atoms with E-state index in [-0.39, 0.29) is 0 Å². The summed E-state index contributed by atoms with van der Waals surface area (Å²) in [7, 11) is 0. The average Bonchev–Trinajstić information content (AvgIpc) is 2.30. The van der Waals surface area contributed by atoms with Gasteiger partial charge in [-0.3, -0.25) is 0 Å². The summed E-state index contributed by atoms with van der Waals surface area (Å²) >= 11 is 0. The van der Waals surface area contributed by atoms with E-state index in [0.717, 1.165) is 31.8 Å². The predicted molar refractivity (Wildman–Crippen MR) is 79.8 cm³/mol. The van der Waals surface area contributed by atoms with E-state index in [1.165, 1.54) is 17.5 Å². The van der Waals surface area contributed by atoms with Gasteiger partial charge in [-0.2, -0.15) is 0 Å². The predicted octanol–water partition coefficient (Wildman–Crippen LogP) is 2.75. The van der Waals surface area contributed by atoms with Crippen LogP contribution in [0.5, 0.6) is 0 Å². The summed E-state index contributed by atoms with van der Waals surface area (Å²) in [6.45, 7) is 8.63. The lowest BCUT2D eigenvalue weighted by molar-refractivity contribution is 0.590. The van der Waals surface area contributed by atoms with Gasteiger partial charge in [0.15, 0.2) is 0 Å². The first kappa shape index (κ1) is 15.2. The quantitative estimate of drug-likeness (QED) is 0.694. The Morgan fingerprint density at radius 2 is 1.61 bits per heavy atom. The molecule has 2 heteroatoms. The molecule has 0 aromatic heterocycles. The molecular formula is C16H28N2. The van der Waals surface area contributed by atoms with Gasteiger partial charge in [-0.25, -0.2) is 0 Å². The molecule has 0 bridgehead atoms. The molecular weight excluding hydrogens is 220 g/mol. The standard InChI is InChI=1S/C16H28N2/c1-13(2)12-16-6-4-15(5-7-16)9-11-18-10-8-14(3)17/h4-7,13-14,18H,8-12,17H2,1-3H3. The van der Waals surface area contributed by atoms with Crippen LogP contribution in [0.2, 0.25) is 0 Å². The minimum atomic E-state index is 0.299. The van der Waals surface area contributed by atoms with Crippen molar-refractivity contribution < 1.29 is 0 Å². The van der Waals surface area contributed by atoms with E-state index in [1.807, 2.05) is 0 Å². The van der Waals surface area contributed by atoms with Gasteiger partial charge in [0.25, 0.3) is 0 Å². The second-order valence-electron chi connectivity index (χ2n) is 5.68. The van der Waals surface area contributed by atoms with Crippen LogP contribution in [0, 0.1) is 5.92 Å². The van der Waals surface area contributed by atoms with E-state index in [9.17, 15) is 0 Å². The molecule has 0 radical (unpaired) electrons. The van der Waals surface area contributed by atoms with Crippen molar-refractivity contribution >= 4 is 0 Å². The Balaban J connectivity index is 2.22. The van der Waals surface area contributed by atoms with Crippen LogP contribution in [0.4, 0.5) is 0 Å². The first-order valence-electron chi connectivity index (χ1n) is 7.12. The number of hydrogen-bond donors (Lipinski definition) is 2. The highest BCUT2D eigenvalue weighted by molar-refractivity contribution is 5.23. The minimum absolute atomic E-state index is 0.299. The van der Waals surface area contributed by atoms with Crippen LogP contribution in [-0.4, -0.2) is 19.1 Å². The molecule has 0 aliphatic heterocycles. The average molecular weight is 248 g/mol. The molecule has 18 heavy (non-hydrogen) atoms. The van der Waals surface area contributed by atoms with Gasteiger partial charge in [0, 0.05) is 6.04 Å². The number of benzene rings is 1. The van der Waals surface area contributed by atoms with Crippen LogP contribution >= 0.6 is 0 Å². The number of nitrogens with two attached hydrogens (primary N) is 1. The van der Waals surface area contributed by atoms with Crippen molar-refractivity contribution in [3.63, 3.8) is 0 Å². The van der Waals surface area contributed by atoms with Crippen molar-refractivity contribution in [2.75, 3.05) is 13.1 Å². The zero-order chi connectivity index (χ0) is 13.4. The van der Waals surface area contributed by atoms with Crippen LogP contribution in [0.25, 0.3) is 0 Å². The molecule has 0 amide bonds. The summed E-state index contributed by atoms with van der Waals surface area (Å²) in [5.74, 6) is 0.732. The largest absolute Gasteiger partial charge is 0.328 e. The Hall–Kier alpha value is -0.860. The van der Waals surface area contributed by atoms with Gasteiger partial charge < -0.3 is 11.1 Å². The molecule has 102 valence electrons. The third-order valence-electron chi connectivity index (χ3n) is 3.03. The van der Waals surface area contributed by atoms with Gasteiger partial charge in [-0.15, -0.1) is 0 Å². The molecule has 1 rings (SSSR count). The molecule has 0 heterocycles. The summed E-state index contributed by atoms with van der Waals surface area (Å²) in [5, 5.41) is 3.43. The van der Waals surface area contributed by atoms with Gasteiger partial charge in [-0.05, 0) is 56.3 Å². The molecule has 0 aliphatic rings. The summed E-state index contributed by atoms with van der Waals surface area (Å²) < 4.78 is 0. The van der Waals surface area contributed by atoms with Crippen LogP contribution in [0.1, 0.15) is 38.3 Å². The van der Waals surface area contributed by atoms with Crippen LogP contribution in [-0.2, 0) is 12.8 Å². The molecule has 0 fully saturated rings. The van der Waals surface area contributed by atoms with E-state index in [2.05, 4.69) is 50.4 Å². The van der Waals surface area contributed by atoms with E-state index in [1.54, 1.807) is 0 Å². The number of nitrogens with one attached hydrogen (secondary N) is 1. The summed E-state index contributed by atoms with van der Waals surface area (Å²) in [6.07, 6.45) is 3.32. The molecule has 1 unspecified atom stereocenters. The van der Waals surface area contributed by atoms with Crippen LogP contribution < -0.4 is 11.1 Å². The van der Waals surface area contributed by atoms with Crippen molar-refractivity contribution in [3.05, 3.63) is 35.4 Å². The SMILES string of the molecule is CC(C)Cc1ccc(CCNCCC(C)N)cc1. The molecule has 1 aromatic rings. The smallest absolute Gasteiger partial charge is 0.00225 e. The Bertz CT molecular complexity index is 314. The molecule has 1 aromatic carbocycles. The minimum Gasteiger partial charge on any atom is -0.328 e. The maximum absolute atomic E-state index is 5.70. The summed E-state index contributed by atoms with van der Waals surface area (Å²) in [4.78, 5) is 0. The Kier molecular flexibility index (Phi) is 6.99. The van der Waals surface area contributed by atoms with Crippen molar-refractivity contribution in [2.24, 2.45) is 11.7 Å². The summed E-state index contributed by atoms with van der Waals surface area (Å²) in [5.41, 5.74) is 8.56. The Morgan fingerprint density at radius 1 is 1.00 bits per heavy atom. The highest BCUT2D eigenvalue weighted by atomic mass is 14.8. The lowest BCUT2D eigenvalue weighted by Gasteiger charge is -2.08. The van der Waals surface area contributed by atoms with Gasteiger partial charge in [0.2, 0.25) is 0 Å².